The molecule has 69 heavy (non-hydrogen) atoms. The lowest BCUT2D eigenvalue weighted by atomic mass is 9.92. The lowest BCUT2D eigenvalue weighted by Crippen LogP contribution is -2.45. The van der Waals surface area contributed by atoms with E-state index in [2.05, 4.69) is 20.8 Å². The van der Waals surface area contributed by atoms with Crippen molar-refractivity contribution in [3.8, 4) is 22.3 Å². The number of hydrogen-bond acceptors (Lipinski definition) is 8. The number of amidine groups is 2. The van der Waals surface area contributed by atoms with Crippen LogP contribution in [0.4, 0.5) is 33.3 Å². The molecule has 370 valence electrons. The molecule has 0 fully saturated rings. The molecule has 0 aliphatic carbocycles. The first-order valence-corrected chi connectivity index (χ1v) is 23.5. The summed E-state index contributed by atoms with van der Waals surface area (Å²) >= 11 is 0. The first-order chi connectivity index (χ1) is 32.6. The Labute approximate surface area is 400 Å². The molecule has 4 N–H and O–H groups in total. The number of alkyl halides is 5. The summed E-state index contributed by atoms with van der Waals surface area (Å²) in [6.07, 6.45) is 3.25. The zero-order chi connectivity index (χ0) is 50.1. The van der Waals surface area contributed by atoms with Crippen LogP contribution in [0.2, 0.25) is 0 Å². The molecule has 0 bridgehead atoms. The number of nitrogens with zero attached hydrogens (tertiary/aromatic N) is 8. The van der Waals surface area contributed by atoms with Gasteiger partial charge in [-0.15, -0.1) is 0 Å². The lowest BCUT2D eigenvalue weighted by molar-refractivity contribution is -0.137. The number of anilines is 2. The largest absolute Gasteiger partial charge is 0.417 e. The van der Waals surface area contributed by atoms with E-state index in [4.69, 9.17) is 10.8 Å². The first kappa shape index (κ1) is 50.3. The van der Waals surface area contributed by atoms with Gasteiger partial charge in [-0.1, -0.05) is 0 Å². The molecule has 0 saturated carbocycles. The maximum Gasteiger partial charge on any atom is 0.417 e. The molecule has 2 aromatic carbocycles. The molecular weight excluding hydrogens is 896 g/mol. The number of aryl methyl sites for hydroxylation is 4. The number of amides is 2. The molecule has 4 aliphatic heterocycles. The quantitative estimate of drug-likeness (QED) is 0.0740. The van der Waals surface area contributed by atoms with Crippen LogP contribution in [0.25, 0.3) is 22.3 Å². The van der Waals surface area contributed by atoms with Gasteiger partial charge in [0.1, 0.15) is 11.7 Å². The number of carbonyl (C=O) groups excluding carboxylic acids is 2. The molecule has 0 radical (unpaired) electrons. The Morgan fingerprint density at radius 3 is 1.48 bits per heavy atom. The zero-order valence-electron chi connectivity index (χ0n) is 40.6. The van der Waals surface area contributed by atoms with Crippen molar-refractivity contribution < 1.29 is 31.5 Å². The molecule has 0 unspecified atom stereocenters. The SMILES string of the molecule is CC(=O)N1CCC(NC(C)C)=C(C(=N)N2CCCc3cc(-c4cnn(C)c4)c(C(F)(F)F)cc32)C1.CC(=O)N1CCC(NC(C)C)=C(C(=N)N2CCCc3cc(-c4cnn(C)c4)c(C(F)F)cc32)C1. The third-order valence-corrected chi connectivity index (χ3v) is 12.9. The molecule has 4 aliphatic rings. The second-order valence-corrected chi connectivity index (χ2v) is 18.8. The molecule has 8 rings (SSSR count). The average molecular weight is 959 g/mol. The highest BCUT2D eigenvalue weighted by molar-refractivity contribution is 6.10. The van der Waals surface area contributed by atoms with Crippen LogP contribution < -0.4 is 20.4 Å². The molecule has 2 aromatic heterocycles. The van der Waals surface area contributed by atoms with Crippen LogP contribution in [0.15, 0.2) is 71.6 Å². The van der Waals surface area contributed by atoms with Crippen molar-refractivity contribution in [1.29, 1.82) is 10.8 Å². The van der Waals surface area contributed by atoms with E-state index in [1.165, 1.54) is 36.9 Å². The van der Waals surface area contributed by atoms with Crippen molar-refractivity contribution in [2.24, 2.45) is 14.1 Å². The molecule has 0 spiro atoms. The summed E-state index contributed by atoms with van der Waals surface area (Å²) in [5.41, 5.74) is 6.82. The lowest BCUT2D eigenvalue weighted by Gasteiger charge is -2.37. The van der Waals surface area contributed by atoms with E-state index < -0.39 is 18.2 Å². The number of aromatic nitrogens is 4. The summed E-state index contributed by atoms with van der Waals surface area (Å²) in [6, 6.07) is 6.45. The first-order valence-electron chi connectivity index (χ1n) is 23.5. The van der Waals surface area contributed by atoms with Gasteiger partial charge in [0, 0.05) is 142 Å². The molecule has 19 heteroatoms. The molecule has 0 atom stereocenters. The van der Waals surface area contributed by atoms with Crippen LogP contribution in [-0.2, 0) is 42.7 Å². The Balaban J connectivity index is 0.000000204. The average Bonchev–Trinajstić information content (AvgIpc) is 3.94. The van der Waals surface area contributed by atoms with Crippen LogP contribution in [0.1, 0.15) is 95.9 Å². The smallest absolute Gasteiger partial charge is 0.386 e. The highest BCUT2D eigenvalue weighted by Gasteiger charge is 2.38. The highest BCUT2D eigenvalue weighted by Crippen LogP contribution is 2.44. The predicted octanol–water partition coefficient (Wildman–Crippen LogP) is 8.60. The summed E-state index contributed by atoms with van der Waals surface area (Å²) in [4.78, 5) is 31.0. The Morgan fingerprint density at radius 2 is 1.09 bits per heavy atom. The third-order valence-electron chi connectivity index (χ3n) is 12.9. The van der Waals surface area contributed by atoms with E-state index in [1.807, 2.05) is 38.7 Å². The maximum atomic E-state index is 14.2. The van der Waals surface area contributed by atoms with E-state index in [-0.39, 0.29) is 53.2 Å². The van der Waals surface area contributed by atoms with Gasteiger partial charge in [0.2, 0.25) is 11.8 Å². The number of rotatable bonds is 9. The third kappa shape index (κ3) is 11.2. The minimum atomic E-state index is -4.56. The Morgan fingerprint density at radius 1 is 0.652 bits per heavy atom. The van der Waals surface area contributed by atoms with Gasteiger partial charge in [-0.25, -0.2) is 8.78 Å². The Kier molecular flexibility index (Phi) is 15.0. The predicted molar refractivity (Wildman–Crippen MR) is 258 cm³/mol. The van der Waals surface area contributed by atoms with E-state index in [1.54, 1.807) is 58.1 Å². The van der Waals surface area contributed by atoms with Crippen LogP contribution in [0.3, 0.4) is 0 Å². The molecule has 14 nitrogen and oxygen atoms in total. The summed E-state index contributed by atoms with van der Waals surface area (Å²) in [5.74, 6) is 0.291. The summed E-state index contributed by atoms with van der Waals surface area (Å²) in [5, 5.41) is 33.2. The highest BCUT2D eigenvalue weighted by atomic mass is 19.4. The normalized spacial score (nSPS) is 16.5. The number of hydrogen-bond donors (Lipinski definition) is 4. The van der Waals surface area contributed by atoms with Gasteiger partial charge < -0.3 is 30.2 Å². The Hall–Kier alpha value is -6.53. The second-order valence-electron chi connectivity index (χ2n) is 18.8. The number of nitrogens with one attached hydrogen (secondary N) is 4. The van der Waals surface area contributed by atoms with Gasteiger partial charge in [0.15, 0.2) is 0 Å². The fourth-order valence-corrected chi connectivity index (χ4v) is 9.61. The van der Waals surface area contributed by atoms with Gasteiger partial charge in [0.05, 0.1) is 31.0 Å². The topological polar surface area (TPSA) is 154 Å². The second kappa shape index (κ2) is 20.6. The molecule has 4 aromatic rings. The fraction of sp³-hybridized carbons (Fsp3) is 0.480. The number of halogens is 5. The molecule has 2 amide bonds. The summed E-state index contributed by atoms with van der Waals surface area (Å²) in [7, 11) is 3.43. The molecule has 6 heterocycles. The monoisotopic (exact) mass is 959 g/mol. The van der Waals surface area contributed by atoms with Gasteiger partial charge in [-0.05, 0) is 99.9 Å². The van der Waals surface area contributed by atoms with Crippen molar-refractivity contribution in [3.63, 3.8) is 0 Å². The van der Waals surface area contributed by atoms with Crippen LogP contribution in [0.5, 0.6) is 0 Å². The number of carbonyl (C=O) groups is 2. The van der Waals surface area contributed by atoms with E-state index >= 15 is 0 Å². The fourth-order valence-electron chi connectivity index (χ4n) is 9.61. The van der Waals surface area contributed by atoms with Crippen molar-refractivity contribution in [3.05, 3.63) is 93.8 Å². The minimum absolute atomic E-state index is 0.0333. The van der Waals surface area contributed by atoms with Crippen LogP contribution in [-0.4, -0.2) is 104 Å². The van der Waals surface area contributed by atoms with Gasteiger partial charge in [-0.3, -0.25) is 29.8 Å². The van der Waals surface area contributed by atoms with E-state index in [0.29, 0.717) is 92.0 Å². The van der Waals surface area contributed by atoms with Crippen LogP contribution in [0, 0.1) is 10.8 Å². The molecular formula is C50H63F5N12O2. The van der Waals surface area contributed by atoms with Crippen molar-refractivity contribution in [1.82, 2.24) is 40.0 Å². The molecule has 0 saturated heterocycles. The van der Waals surface area contributed by atoms with Crippen molar-refractivity contribution >= 4 is 34.9 Å². The summed E-state index contributed by atoms with van der Waals surface area (Å²) in [6.45, 7) is 13.8. The maximum absolute atomic E-state index is 14.2. The van der Waals surface area contributed by atoms with E-state index in [0.717, 1.165) is 40.9 Å². The summed E-state index contributed by atoms with van der Waals surface area (Å²) < 4.78 is 73.9. The van der Waals surface area contributed by atoms with Gasteiger partial charge >= 0.3 is 6.18 Å². The Bertz CT molecular complexity index is 2680. The van der Waals surface area contributed by atoms with Crippen molar-refractivity contribution in [2.45, 2.75) is 105 Å². The van der Waals surface area contributed by atoms with Gasteiger partial charge in [0.25, 0.3) is 6.43 Å². The number of benzene rings is 2. The minimum Gasteiger partial charge on any atom is -0.386 e. The van der Waals surface area contributed by atoms with Crippen molar-refractivity contribution in [2.75, 3.05) is 49.1 Å². The zero-order valence-corrected chi connectivity index (χ0v) is 40.6. The van der Waals surface area contributed by atoms with Crippen LogP contribution >= 0.6 is 0 Å². The standard InChI is InChI=1S/C25H31F3N6O.C25H32F2N6O/c1-15(2)31-22-7-9-33(16(3)35)14-20(22)24(29)34-8-5-6-17-10-19(18-12-30-32(4)13-18)21(11-23(17)34)25(26,27)28;1-15(2)30-22-7-9-32(16(3)34)14-21(22)25(28)33-8-5-6-17-10-19(18-12-29-31(4)13-18)20(24(26)27)11-23(17)33/h10-13,15,29,31H,5-9,14H2,1-4H3;10-13,15,24,28,30H,5-9,14H2,1-4H3. The number of fused-ring (bicyclic) bond motifs is 2. The van der Waals surface area contributed by atoms with E-state index in [9.17, 15) is 31.5 Å². The van der Waals surface area contributed by atoms with Gasteiger partial charge in [-0.2, -0.15) is 23.4 Å².